The van der Waals surface area contributed by atoms with E-state index in [2.05, 4.69) is 10.6 Å². The Morgan fingerprint density at radius 3 is 1.51 bits per heavy atom. The van der Waals surface area contributed by atoms with Crippen molar-refractivity contribution >= 4 is 29.8 Å². The van der Waals surface area contributed by atoms with E-state index in [-0.39, 0.29) is 52.4 Å². The van der Waals surface area contributed by atoms with Crippen LogP contribution in [0.3, 0.4) is 0 Å². The van der Waals surface area contributed by atoms with Gasteiger partial charge in [0.05, 0.1) is 32.7 Å². The SMILES string of the molecule is O=C(O)CN(CCN(CC(=O)O)CC(=O)O)CCN(CC(=O)O)CC(=O)NCCNC[C@H]1O[C@H](O)[C@H](O)[C@@H](O)[C@@H]1O. The molecule has 10 N–H and O–H groups in total. The number of nitrogens with zero attached hydrogens (tertiary/aromatic N) is 3. The zero-order valence-corrected chi connectivity index (χ0v) is 22.2. The van der Waals surface area contributed by atoms with Gasteiger partial charge in [-0.15, -0.1) is 0 Å². The van der Waals surface area contributed by atoms with E-state index in [1.54, 1.807) is 0 Å². The molecule has 0 bridgehead atoms. The summed E-state index contributed by atoms with van der Waals surface area (Å²) in [5.41, 5.74) is 0. The van der Waals surface area contributed by atoms with Crippen LogP contribution in [-0.2, 0) is 28.7 Å². The average Bonchev–Trinajstić information content (AvgIpc) is 2.85. The fraction of sp³-hybridized carbons (Fsp3) is 0.773. The van der Waals surface area contributed by atoms with Gasteiger partial charge in [0.1, 0.15) is 24.4 Å². The second-order valence-electron chi connectivity index (χ2n) is 9.36. The second kappa shape index (κ2) is 18.4. The lowest BCUT2D eigenvalue weighted by Gasteiger charge is -2.38. The maximum Gasteiger partial charge on any atom is 0.317 e. The van der Waals surface area contributed by atoms with Crippen LogP contribution in [0.4, 0.5) is 0 Å². The first-order valence-electron chi connectivity index (χ1n) is 12.6. The molecule has 0 radical (unpaired) electrons. The fourth-order valence-corrected chi connectivity index (χ4v) is 3.92. The van der Waals surface area contributed by atoms with E-state index in [4.69, 9.17) is 14.9 Å². The highest BCUT2D eigenvalue weighted by Crippen LogP contribution is 2.19. The molecule has 0 spiro atoms. The highest BCUT2D eigenvalue weighted by Gasteiger charge is 2.42. The topological polar surface area (TPSA) is 290 Å². The molecule has 0 aromatic carbocycles. The van der Waals surface area contributed by atoms with Gasteiger partial charge in [-0.05, 0) is 0 Å². The van der Waals surface area contributed by atoms with Crippen LogP contribution in [0.25, 0.3) is 0 Å². The van der Waals surface area contributed by atoms with Gasteiger partial charge in [-0.25, -0.2) is 0 Å². The fourth-order valence-electron chi connectivity index (χ4n) is 3.92. The summed E-state index contributed by atoms with van der Waals surface area (Å²) in [6, 6.07) is 0. The van der Waals surface area contributed by atoms with Crippen LogP contribution in [0.1, 0.15) is 0 Å². The van der Waals surface area contributed by atoms with Gasteiger partial charge in [0.25, 0.3) is 0 Å². The highest BCUT2D eigenvalue weighted by molar-refractivity contribution is 5.79. The number of rotatable bonds is 21. The largest absolute Gasteiger partial charge is 0.480 e. The number of hydrogen-bond acceptors (Lipinski definition) is 14. The lowest BCUT2D eigenvalue weighted by Crippen LogP contribution is -2.59. The average molecular weight is 598 g/mol. The Balaban J connectivity index is 2.55. The van der Waals surface area contributed by atoms with Gasteiger partial charge in [-0.3, -0.25) is 38.7 Å². The van der Waals surface area contributed by atoms with Crippen molar-refractivity contribution in [2.45, 2.75) is 30.7 Å². The molecule has 1 fully saturated rings. The van der Waals surface area contributed by atoms with E-state index in [9.17, 15) is 54.6 Å². The van der Waals surface area contributed by atoms with Crippen molar-refractivity contribution in [3.05, 3.63) is 0 Å². The standard InChI is InChI=1S/C22H39N5O14/c28-14(24-2-1-23-7-13-19(37)20(38)21(39)22(40)41-13)8-26(10-16(31)32)5-3-25(9-15(29)30)4-6-27(11-17(33)34)12-18(35)36/h13,19-23,37-40H,1-12H2,(H,24,28)(H,29,30)(H,31,32)(H,33,34)(H,35,36)/t13-,19-,20+,21-,22+/m1/s1. The zero-order chi connectivity index (χ0) is 31.1. The number of aliphatic hydroxyl groups is 4. The number of aliphatic hydroxyl groups excluding tert-OH is 4. The predicted molar refractivity (Wildman–Crippen MR) is 135 cm³/mol. The summed E-state index contributed by atoms with van der Waals surface area (Å²) in [5.74, 6) is -5.52. The van der Waals surface area contributed by atoms with E-state index < -0.39 is 86.7 Å². The van der Waals surface area contributed by atoms with E-state index in [0.717, 1.165) is 4.90 Å². The van der Waals surface area contributed by atoms with Gasteiger partial charge >= 0.3 is 23.9 Å². The summed E-state index contributed by atoms with van der Waals surface area (Å²) in [6.07, 6.45) is -7.43. The van der Waals surface area contributed by atoms with Crippen LogP contribution in [0.2, 0.25) is 0 Å². The van der Waals surface area contributed by atoms with E-state index >= 15 is 0 Å². The number of amides is 1. The van der Waals surface area contributed by atoms with E-state index in [1.807, 2.05) is 0 Å². The molecule has 1 amide bonds. The van der Waals surface area contributed by atoms with Gasteiger partial charge < -0.3 is 56.2 Å². The molecule has 41 heavy (non-hydrogen) atoms. The number of carbonyl (C=O) groups excluding carboxylic acids is 1. The number of nitrogens with one attached hydrogen (secondary N) is 2. The summed E-state index contributed by atoms with van der Waals surface area (Å²) in [4.78, 5) is 60.6. The molecule has 236 valence electrons. The maximum atomic E-state index is 12.4. The number of carboxylic acid groups (broad SMARTS) is 4. The Bertz CT molecular complexity index is 864. The van der Waals surface area contributed by atoms with Crippen molar-refractivity contribution in [1.29, 1.82) is 0 Å². The van der Waals surface area contributed by atoms with Crippen LogP contribution >= 0.6 is 0 Å². The minimum absolute atomic E-state index is 0.0154. The van der Waals surface area contributed by atoms with Gasteiger partial charge in [-0.1, -0.05) is 0 Å². The minimum Gasteiger partial charge on any atom is -0.480 e. The number of aliphatic carboxylic acids is 4. The summed E-state index contributed by atoms with van der Waals surface area (Å²) >= 11 is 0. The van der Waals surface area contributed by atoms with Crippen LogP contribution in [0.15, 0.2) is 0 Å². The third-order valence-corrected chi connectivity index (χ3v) is 5.92. The third-order valence-electron chi connectivity index (χ3n) is 5.92. The van der Waals surface area contributed by atoms with Crippen molar-refractivity contribution in [3.8, 4) is 0 Å². The minimum atomic E-state index is -1.68. The first-order valence-corrected chi connectivity index (χ1v) is 12.6. The molecule has 19 nitrogen and oxygen atoms in total. The van der Waals surface area contributed by atoms with Gasteiger partial charge in [-0.2, -0.15) is 0 Å². The molecule has 1 aliphatic rings. The summed E-state index contributed by atoms with van der Waals surface area (Å²) in [6.45, 7) is -2.48. The number of ether oxygens (including phenoxy) is 1. The lowest BCUT2D eigenvalue weighted by molar-refractivity contribution is -0.280. The summed E-state index contributed by atoms with van der Waals surface area (Å²) in [5, 5.41) is 80.3. The molecule has 0 aromatic rings. The molecule has 0 saturated carbocycles. The Morgan fingerprint density at radius 2 is 1.02 bits per heavy atom. The number of carbonyl (C=O) groups is 5. The Morgan fingerprint density at radius 1 is 0.585 bits per heavy atom. The normalized spacial score (nSPS) is 22.7. The van der Waals surface area contributed by atoms with E-state index in [1.165, 1.54) is 9.80 Å². The third kappa shape index (κ3) is 15.0. The molecule has 1 rings (SSSR count). The molecular weight excluding hydrogens is 558 g/mol. The summed E-state index contributed by atoms with van der Waals surface area (Å²) < 4.78 is 5.02. The smallest absolute Gasteiger partial charge is 0.317 e. The van der Waals surface area contributed by atoms with Crippen molar-refractivity contribution in [1.82, 2.24) is 25.3 Å². The van der Waals surface area contributed by atoms with Crippen molar-refractivity contribution in [2.24, 2.45) is 0 Å². The quantitative estimate of drug-likeness (QED) is 0.0550. The predicted octanol–water partition coefficient (Wildman–Crippen LogP) is -6.26. The molecule has 0 unspecified atom stereocenters. The Kier molecular flexibility index (Phi) is 16.2. The molecule has 0 aliphatic carbocycles. The lowest BCUT2D eigenvalue weighted by atomic mass is 9.99. The first-order chi connectivity index (χ1) is 19.2. The molecule has 1 heterocycles. The number of hydrogen-bond donors (Lipinski definition) is 10. The van der Waals surface area contributed by atoms with Gasteiger partial charge in [0, 0.05) is 45.8 Å². The molecule has 1 saturated heterocycles. The van der Waals surface area contributed by atoms with Crippen LogP contribution in [0, 0.1) is 0 Å². The summed E-state index contributed by atoms with van der Waals surface area (Å²) in [7, 11) is 0. The molecule has 5 atom stereocenters. The number of carboxylic acids is 4. The Labute approximate surface area is 234 Å². The molecule has 1 aliphatic heterocycles. The molecular formula is C22H39N5O14. The molecule has 19 heteroatoms. The van der Waals surface area contributed by atoms with Crippen molar-refractivity contribution in [2.75, 3.05) is 78.5 Å². The Hall–Kier alpha value is -3.01. The maximum absolute atomic E-state index is 12.4. The van der Waals surface area contributed by atoms with E-state index in [0.29, 0.717) is 0 Å². The van der Waals surface area contributed by atoms with Crippen molar-refractivity contribution < 1.29 is 69.6 Å². The van der Waals surface area contributed by atoms with Crippen LogP contribution in [0.5, 0.6) is 0 Å². The molecule has 0 aromatic heterocycles. The van der Waals surface area contributed by atoms with Crippen LogP contribution in [-0.4, -0.2) is 195 Å². The van der Waals surface area contributed by atoms with Crippen molar-refractivity contribution in [3.63, 3.8) is 0 Å². The van der Waals surface area contributed by atoms with Gasteiger partial charge in [0.2, 0.25) is 5.91 Å². The van der Waals surface area contributed by atoms with Crippen LogP contribution < -0.4 is 10.6 Å². The zero-order valence-electron chi connectivity index (χ0n) is 22.2. The van der Waals surface area contributed by atoms with Gasteiger partial charge in [0.15, 0.2) is 6.29 Å². The highest BCUT2D eigenvalue weighted by atomic mass is 16.6. The first kappa shape index (κ1) is 36.0. The second-order valence-corrected chi connectivity index (χ2v) is 9.36. The monoisotopic (exact) mass is 597 g/mol.